The minimum absolute atomic E-state index is 0.0471. The van der Waals surface area contributed by atoms with E-state index in [9.17, 15) is 4.79 Å². The monoisotopic (exact) mass is 283 g/mol. The van der Waals surface area contributed by atoms with E-state index in [1.807, 2.05) is 0 Å². The summed E-state index contributed by atoms with van der Waals surface area (Å²) in [7, 11) is 1.58. The Kier molecular flexibility index (Phi) is 3.23. The van der Waals surface area contributed by atoms with E-state index >= 15 is 0 Å². The lowest BCUT2D eigenvalue weighted by Gasteiger charge is -2.04. The van der Waals surface area contributed by atoms with Gasteiger partial charge in [0.05, 0.1) is 20.0 Å². The number of aromatic nitrogens is 4. The molecule has 2 heterocycles. The number of methoxy groups -OCH3 is 1. The second kappa shape index (κ2) is 5.20. The molecular formula is C14H13N5O2. The molecule has 0 amide bonds. The summed E-state index contributed by atoms with van der Waals surface area (Å²) in [6.07, 6.45) is 2.89. The molecule has 3 rings (SSSR count). The molecule has 0 bridgehead atoms. The Hall–Kier alpha value is -2.96. The van der Waals surface area contributed by atoms with E-state index < -0.39 is 0 Å². The number of benzene rings is 1. The Labute approximate surface area is 120 Å². The van der Waals surface area contributed by atoms with Crippen molar-refractivity contribution in [1.29, 1.82) is 0 Å². The van der Waals surface area contributed by atoms with Crippen LogP contribution in [-0.4, -0.2) is 32.4 Å². The Balaban J connectivity index is 1.87. The summed E-state index contributed by atoms with van der Waals surface area (Å²) >= 11 is 0. The fraction of sp³-hybridized carbons (Fsp3) is 0.143. The number of carbonyl (C=O) groups excluding carboxylic acids is 1. The normalized spacial score (nSPS) is 10.7. The van der Waals surface area contributed by atoms with Crippen molar-refractivity contribution in [2.75, 3.05) is 12.8 Å². The van der Waals surface area contributed by atoms with Gasteiger partial charge in [0.15, 0.2) is 17.2 Å². The SMILES string of the molecule is COc1ccc(C(=O)Cn2cnc3c(N)ncnc32)cc1. The van der Waals surface area contributed by atoms with Gasteiger partial charge in [-0.1, -0.05) is 0 Å². The Morgan fingerprint density at radius 3 is 2.71 bits per heavy atom. The molecule has 2 aromatic heterocycles. The molecule has 0 aliphatic carbocycles. The summed E-state index contributed by atoms with van der Waals surface area (Å²) in [6.45, 7) is 0.138. The number of carbonyl (C=O) groups is 1. The van der Waals surface area contributed by atoms with Gasteiger partial charge >= 0.3 is 0 Å². The van der Waals surface area contributed by atoms with Gasteiger partial charge in [0.25, 0.3) is 0 Å². The highest BCUT2D eigenvalue weighted by Crippen LogP contribution is 2.16. The van der Waals surface area contributed by atoms with Crippen molar-refractivity contribution in [3.63, 3.8) is 0 Å². The van der Waals surface area contributed by atoms with Crippen LogP contribution in [0, 0.1) is 0 Å². The highest BCUT2D eigenvalue weighted by Gasteiger charge is 2.12. The summed E-state index contributed by atoms with van der Waals surface area (Å²) in [6, 6.07) is 6.95. The smallest absolute Gasteiger partial charge is 0.182 e. The van der Waals surface area contributed by atoms with Crippen molar-refractivity contribution in [3.8, 4) is 5.75 Å². The number of hydrogen-bond donors (Lipinski definition) is 1. The van der Waals surface area contributed by atoms with Crippen LogP contribution < -0.4 is 10.5 Å². The zero-order chi connectivity index (χ0) is 14.8. The average Bonchev–Trinajstić information content (AvgIpc) is 2.92. The van der Waals surface area contributed by atoms with E-state index in [2.05, 4.69) is 15.0 Å². The second-order valence-corrected chi connectivity index (χ2v) is 4.46. The Bertz CT molecular complexity index is 795. The first-order chi connectivity index (χ1) is 10.2. The molecule has 0 saturated heterocycles. The van der Waals surface area contributed by atoms with Gasteiger partial charge in [-0.15, -0.1) is 0 Å². The molecule has 7 nitrogen and oxygen atoms in total. The van der Waals surface area contributed by atoms with E-state index in [-0.39, 0.29) is 12.3 Å². The molecule has 0 radical (unpaired) electrons. The molecule has 0 atom stereocenters. The predicted octanol–water partition coefficient (Wildman–Crippen LogP) is 1.30. The topological polar surface area (TPSA) is 95.9 Å². The summed E-state index contributed by atoms with van der Waals surface area (Å²) in [5.74, 6) is 0.963. The van der Waals surface area contributed by atoms with Gasteiger partial charge in [0.1, 0.15) is 17.6 Å². The number of rotatable bonds is 4. The maximum atomic E-state index is 12.3. The minimum Gasteiger partial charge on any atom is -0.497 e. The van der Waals surface area contributed by atoms with Crippen molar-refractivity contribution in [2.24, 2.45) is 0 Å². The molecule has 0 saturated carbocycles. The van der Waals surface area contributed by atoms with E-state index in [0.29, 0.717) is 28.3 Å². The molecule has 7 heteroatoms. The lowest BCUT2D eigenvalue weighted by atomic mass is 10.1. The van der Waals surface area contributed by atoms with Crippen molar-refractivity contribution in [1.82, 2.24) is 19.5 Å². The van der Waals surface area contributed by atoms with Crippen LogP contribution >= 0.6 is 0 Å². The van der Waals surface area contributed by atoms with Gasteiger partial charge in [-0.3, -0.25) is 4.79 Å². The molecule has 21 heavy (non-hydrogen) atoms. The van der Waals surface area contributed by atoms with Crippen LogP contribution in [0.5, 0.6) is 5.75 Å². The summed E-state index contributed by atoms with van der Waals surface area (Å²) in [4.78, 5) is 24.4. The maximum absolute atomic E-state index is 12.3. The first-order valence-corrected chi connectivity index (χ1v) is 6.27. The average molecular weight is 283 g/mol. The van der Waals surface area contributed by atoms with Crippen LogP contribution in [0.4, 0.5) is 5.82 Å². The number of nitrogens with zero attached hydrogens (tertiary/aromatic N) is 4. The fourth-order valence-corrected chi connectivity index (χ4v) is 2.04. The molecular weight excluding hydrogens is 270 g/mol. The quantitative estimate of drug-likeness (QED) is 0.725. The van der Waals surface area contributed by atoms with Crippen LogP contribution in [0.25, 0.3) is 11.2 Å². The van der Waals surface area contributed by atoms with Gasteiger partial charge in [-0.05, 0) is 24.3 Å². The van der Waals surface area contributed by atoms with Crippen molar-refractivity contribution in [2.45, 2.75) is 6.54 Å². The number of ketones is 1. The Morgan fingerprint density at radius 2 is 2.00 bits per heavy atom. The van der Waals surface area contributed by atoms with Gasteiger partial charge in [-0.25, -0.2) is 15.0 Å². The highest BCUT2D eigenvalue weighted by molar-refractivity contribution is 5.96. The van der Waals surface area contributed by atoms with E-state index in [4.69, 9.17) is 10.5 Å². The van der Waals surface area contributed by atoms with E-state index in [1.54, 1.807) is 35.9 Å². The third kappa shape index (κ3) is 2.40. The number of Topliss-reactive ketones (excluding diaryl/α,β-unsaturated/α-hetero) is 1. The number of anilines is 1. The van der Waals surface area contributed by atoms with Crippen molar-refractivity contribution in [3.05, 3.63) is 42.5 Å². The molecule has 3 aromatic rings. The van der Waals surface area contributed by atoms with Crippen LogP contribution in [0.15, 0.2) is 36.9 Å². The Morgan fingerprint density at radius 1 is 1.24 bits per heavy atom. The van der Waals surface area contributed by atoms with Crippen LogP contribution in [-0.2, 0) is 6.54 Å². The highest BCUT2D eigenvalue weighted by atomic mass is 16.5. The molecule has 1 aromatic carbocycles. The number of imidazole rings is 1. The van der Waals surface area contributed by atoms with Crippen LogP contribution in [0.2, 0.25) is 0 Å². The zero-order valence-electron chi connectivity index (χ0n) is 11.4. The summed E-state index contributed by atoms with van der Waals surface area (Å²) < 4.78 is 6.72. The van der Waals surface area contributed by atoms with Crippen LogP contribution in [0.1, 0.15) is 10.4 Å². The number of nitrogen functional groups attached to an aromatic ring is 1. The minimum atomic E-state index is -0.0471. The maximum Gasteiger partial charge on any atom is 0.182 e. The van der Waals surface area contributed by atoms with E-state index in [0.717, 1.165) is 0 Å². The van der Waals surface area contributed by atoms with E-state index in [1.165, 1.54) is 12.7 Å². The van der Waals surface area contributed by atoms with Crippen molar-refractivity contribution >= 4 is 22.8 Å². The standard InChI is InChI=1S/C14H13N5O2/c1-21-10-4-2-9(3-5-10)11(20)6-19-8-18-12-13(15)16-7-17-14(12)19/h2-5,7-8H,6H2,1H3,(H2,15,16,17). The molecule has 2 N–H and O–H groups in total. The third-order valence-electron chi connectivity index (χ3n) is 3.16. The summed E-state index contributed by atoms with van der Waals surface area (Å²) in [5.41, 5.74) is 7.36. The number of hydrogen-bond acceptors (Lipinski definition) is 6. The second-order valence-electron chi connectivity index (χ2n) is 4.46. The lowest BCUT2D eigenvalue weighted by molar-refractivity contribution is 0.0973. The predicted molar refractivity (Wildman–Crippen MR) is 77.1 cm³/mol. The van der Waals surface area contributed by atoms with Gasteiger partial charge in [-0.2, -0.15) is 0 Å². The number of ether oxygens (including phenoxy) is 1. The van der Waals surface area contributed by atoms with Gasteiger partial charge in [0.2, 0.25) is 0 Å². The number of fused-ring (bicyclic) bond motifs is 1. The van der Waals surface area contributed by atoms with Crippen LogP contribution in [0.3, 0.4) is 0 Å². The molecule has 106 valence electrons. The molecule has 0 fully saturated rings. The first kappa shape index (κ1) is 13.0. The fourth-order valence-electron chi connectivity index (χ4n) is 2.04. The third-order valence-corrected chi connectivity index (χ3v) is 3.16. The molecule has 0 aliphatic rings. The lowest BCUT2D eigenvalue weighted by Crippen LogP contribution is -2.10. The zero-order valence-corrected chi connectivity index (χ0v) is 11.4. The summed E-state index contributed by atoms with van der Waals surface area (Å²) in [5, 5.41) is 0. The largest absolute Gasteiger partial charge is 0.497 e. The molecule has 0 unspecified atom stereocenters. The van der Waals surface area contributed by atoms with Gasteiger partial charge in [0, 0.05) is 5.56 Å². The number of nitrogens with two attached hydrogens (primary N) is 1. The van der Waals surface area contributed by atoms with Crippen molar-refractivity contribution < 1.29 is 9.53 Å². The molecule has 0 aliphatic heterocycles. The first-order valence-electron chi connectivity index (χ1n) is 6.27. The molecule has 0 spiro atoms. The van der Waals surface area contributed by atoms with Gasteiger partial charge < -0.3 is 15.0 Å².